The molecular weight excluding hydrogens is 248 g/mol. The van der Waals surface area contributed by atoms with Crippen LogP contribution in [0.2, 0.25) is 5.02 Å². The second-order valence-corrected chi connectivity index (χ2v) is 4.05. The Morgan fingerprint density at radius 3 is 2.53 bits per heavy atom. The second-order valence-electron chi connectivity index (χ2n) is 2.45. The highest BCUT2D eigenvalue weighted by Crippen LogP contribution is 2.42. The lowest BCUT2D eigenvalue weighted by molar-refractivity contribution is -0.385. The van der Waals surface area contributed by atoms with E-state index < -0.39 is 24.2 Å². The van der Waals surface area contributed by atoms with Crippen LogP contribution in [0.4, 0.5) is 5.69 Å². The van der Waals surface area contributed by atoms with Crippen molar-refractivity contribution < 1.29 is 23.8 Å². The predicted molar refractivity (Wildman–Crippen MR) is 50.8 cm³/mol. The molecule has 0 spiro atoms. The Morgan fingerprint density at radius 2 is 2.07 bits per heavy atom. The first-order valence-corrected chi connectivity index (χ1v) is 5.39. The molecule has 2 N–H and O–H groups in total. The molecule has 0 radical (unpaired) electrons. The molecule has 0 atom stereocenters. The molecule has 0 aromatic heterocycles. The fourth-order valence-corrected chi connectivity index (χ4v) is 1.42. The Morgan fingerprint density at radius 1 is 1.47 bits per heavy atom. The lowest BCUT2D eigenvalue weighted by Gasteiger charge is -2.06. The average Bonchev–Trinajstić information content (AvgIpc) is 2.05. The molecule has 0 bridgehead atoms. The van der Waals surface area contributed by atoms with Crippen LogP contribution in [-0.2, 0) is 4.57 Å². The maximum absolute atomic E-state index is 10.5. The van der Waals surface area contributed by atoms with Gasteiger partial charge in [0.05, 0.1) is 4.92 Å². The first-order valence-electron chi connectivity index (χ1n) is 3.49. The van der Waals surface area contributed by atoms with Crippen LogP contribution in [-0.4, -0.2) is 14.7 Å². The zero-order valence-corrected chi connectivity index (χ0v) is 8.68. The minimum Gasteiger partial charge on any atom is -0.397 e. The maximum atomic E-state index is 10.5. The Bertz CT molecular complexity index is 443. The summed E-state index contributed by atoms with van der Waals surface area (Å²) in [5.74, 6) is -0.530. The molecule has 0 heterocycles. The molecule has 0 amide bonds. The van der Waals surface area contributed by atoms with Crippen LogP contribution in [0.15, 0.2) is 18.2 Å². The summed E-state index contributed by atoms with van der Waals surface area (Å²) in [5, 5.41) is 10.5. The summed E-state index contributed by atoms with van der Waals surface area (Å²) in [7, 11) is -4.82. The summed E-state index contributed by atoms with van der Waals surface area (Å²) < 4.78 is 14.6. The van der Waals surface area contributed by atoms with Crippen LogP contribution < -0.4 is 4.52 Å². The molecule has 1 aromatic carbocycles. The Hall–Kier alpha value is -1.14. The zero-order chi connectivity index (χ0) is 11.6. The molecule has 9 heteroatoms. The molecule has 0 aliphatic heterocycles. The predicted octanol–water partition coefficient (Wildman–Crippen LogP) is 1.72. The van der Waals surface area contributed by atoms with E-state index in [1.807, 2.05) is 0 Å². The number of hydrogen-bond acceptors (Lipinski definition) is 4. The Kier molecular flexibility index (Phi) is 3.31. The molecule has 0 aliphatic carbocycles. The summed E-state index contributed by atoms with van der Waals surface area (Å²) in [6.45, 7) is 0. The first kappa shape index (κ1) is 11.9. The minimum atomic E-state index is -4.82. The van der Waals surface area contributed by atoms with Gasteiger partial charge in [-0.25, -0.2) is 4.57 Å². The van der Waals surface area contributed by atoms with Gasteiger partial charge in [-0.15, -0.1) is 0 Å². The molecule has 7 nitrogen and oxygen atoms in total. The smallest absolute Gasteiger partial charge is 0.397 e. The van der Waals surface area contributed by atoms with Gasteiger partial charge < -0.3 is 4.52 Å². The van der Waals surface area contributed by atoms with Gasteiger partial charge in [-0.1, -0.05) is 11.6 Å². The van der Waals surface area contributed by atoms with Crippen LogP contribution in [0, 0.1) is 10.1 Å². The highest BCUT2D eigenvalue weighted by molar-refractivity contribution is 7.46. The van der Waals surface area contributed by atoms with Gasteiger partial charge in [-0.05, 0) is 12.1 Å². The highest BCUT2D eigenvalue weighted by atomic mass is 35.5. The van der Waals surface area contributed by atoms with Gasteiger partial charge >= 0.3 is 13.5 Å². The molecule has 0 fully saturated rings. The van der Waals surface area contributed by atoms with Gasteiger partial charge in [0.25, 0.3) is 0 Å². The van der Waals surface area contributed by atoms with Crippen LogP contribution in [0.5, 0.6) is 5.75 Å². The standard InChI is InChI=1S/C6H5ClNO6P/c7-4-1-2-6(14-15(11,12)13)5(3-4)8(9)10/h1-3H,(H2,11,12,13). The van der Waals surface area contributed by atoms with Crippen LogP contribution >= 0.6 is 19.4 Å². The topological polar surface area (TPSA) is 110 Å². The van der Waals surface area contributed by atoms with Gasteiger partial charge in [-0.2, -0.15) is 0 Å². The van der Waals surface area contributed by atoms with Crippen molar-refractivity contribution >= 4 is 25.1 Å². The lowest BCUT2D eigenvalue weighted by atomic mass is 10.3. The number of nitro groups is 1. The molecule has 0 saturated carbocycles. The van der Waals surface area contributed by atoms with Crippen LogP contribution in [0.3, 0.4) is 0 Å². The summed E-state index contributed by atoms with van der Waals surface area (Å²) in [6, 6.07) is 3.17. The summed E-state index contributed by atoms with van der Waals surface area (Å²) >= 11 is 5.48. The van der Waals surface area contributed by atoms with Gasteiger partial charge in [0.15, 0.2) is 0 Å². The second kappa shape index (κ2) is 4.16. The number of hydrogen-bond donors (Lipinski definition) is 2. The highest BCUT2D eigenvalue weighted by Gasteiger charge is 2.23. The fourth-order valence-electron chi connectivity index (χ4n) is 0.839. The number of phosphoric ester groups is 1. The molecule has 0 aliphatic rings. The molecule has 0 unspecified atom stereocenters. The third-order valence-electron chi connectivity index (χ3n) is 1.33. The molecule has 15 heavy (non-hydrogen) atoms. The maximum Gasteiger partial charge on any atom is 0.525 e. The Balaban J connectivity index is 3.18. The first-order chi connectivity index (χ1) is 6.79. The fraction of sp³-hybridized carbons (Fsp3) is 0. The van der Waals surface area contributed by atoms with Gasteiger partial charge in [-0.3, -0.25) is 19.9 Å². The van der Waals surface area contributed by atoms with E-state index in [4.69, 9.17) is 21.4 Å². The van der Waals surface area contributed by atoms with E-state index in [0.29, 0.717) is 0 Å². The summed E-state index contributed by atoms with van der Waals surface area (Å²) in [6.07, 6.45) is 0. The monoisotopic (exact) mass is 253 g/mol. The van der Waals surface area contributed by atoms with Gasteiger partial charge in [0.2, 0.25) is 5.75 Å². The zero-order valence-electron chi connectivity index (χ0n) is 7.03. The third-order valence-corrected chi connectivity index (χ3v) is 2.00. The Labute approximate surface area is 88.6 Å². The third kappa shape index (κ3) is 3.49. The van der Waals surface area contributed by atoms with E-state index in [-0.39, 0.29) is 5.02 Å². The largest absolute Gasteiger partial charge is 0.525 e. The van der Waals surface area contributed by atoms with Crippen molar-refractivity contribution in [3.05, 3.63) is 33.3 Å². The SMILES string of the molecule is O=[N+]([O-])c1cc(Cl)ccc1OP(=O)(O)O. The quantitative estimate of drug-likeness (QED) is 0.482. The van der Waals surface area contributed by atoms with Crippen molar-refractivity contribution in [3.63, 3.8) is 0 Å². The number of phosphoric acid groups is 1. The van der Waals surface area contributed by atoms with E-state index in [9.17, 15) is 14.7 Å². The van der Waals surface area contributed by atoms with Crippen LogP contribution in [0.25, 0.3) is 0 Å². The van der Waals surface area contributed by atoms with Crippen molar-refractivity contribution in [1.29, 1.82) is 0 Å². The molecule has 82 valence electrons. The van der Waals surface area contributed by atoms with E-state index in [1.165, 1.54) is 6.07 Å². The lowest BCUT2D eigenvalue weighted by Crippen LogP contribution is -1.96. The number of benzene rings is 1. The van der Waals surface area contributed by atoms with Gasteiger partial charge in [0, 0.05) is 11.1 Å². The number of halogens is 1. The summed E-state index contributed by atoms with van der Waals surface area (Å²) in [5.41, 5.74) is -0.606. The minimum absolute atomic E-state index is 0.0692. The number of rotatable bonds is 3. The normalized spacial score (nSPS) is 11.1. The number of nitro benzene ring substituents is 1. The van der Waals surface area contributed by atoms with E-state index in [2.05, 4.69) is 4.52 Å². The van der Waals surface area contributed by atoms with Gasteiger partial charge in [0.1, 0.15) is 0 Å². The summed E-state index contributed by atoms with van der Waals surface area (Å²) in [4.78, 5) is 26.6. The van der Waals surface area contributed by atoms with E-state index in [0.717, 1.165) is 12.1 Å². The molecular formula is C6H5ClNO6P. The molecule has 0 saturated heterocycles. The van der Waals surface area contributed by atoms with Crippen molar-refractivity contribution in [2.24, 2.45) is 0 Å². The molecule has 1 aromatic rings. The van der Waals surface area contributed by atoms with Crippen molar-refractivity contribution in [2.45, 2.75) is 0 Å². The number of nitrogens with zero attached hydrogens (tertiary/aromatic N) is 1. The van der Waals surface area contributed by atoms with Crippen molar-refractivity contribution in [1.82, 2.24) is 0 Å². The van der Waals surface area contributed by atoms with Crippen molar-refractivity contribution in [3.8, 4) is 5.75 Å². The van der Waals surface area contributed by atoms with Crippen LogP contribution in [0.1, 0.15) is 0 Å². The molecule has 1 rings (SSSR count). The van der Waals surface area contributed by atoms with Crippen molar-refractivity contribution in [2.75, 3.05) is 0 Å². The van der Waals surface area contributed by atoms with E-state index in [1.54, 1.807) is 0 Å². The average molecular weight is 254 g/mol. The van der Waals surface area contributed by atoms with E-state index >= 15 is 0 Å².